The molecule has 25 heavy (non-hydrogen) atoms. The van der Waals surface area contributed by atoms with Crippen molar-refractivity contribution in [3.8, 4) is 10.6 Å². The van der Waals surface area contributed by atoms with Crippen LogP contribution in [-0.4, -0.2) is 26.9 Å². The van der Waals surface area contributed by atoms with Gasteiger partial charge in [0, 0.05) is 48.0 Å². The Morgan fingerprint density at radius 3 is 2.72 bits per heavy atom. The highest BCUT2D eigenvalue weighted by Gasteiger charge is 2.48. The van der Waals surface area contributed by atoms with E-state index in [9.17, 15) is 13.6 Å². The molecule has 0 unspecified atom stereocenters. The Labute approximate surface area is 146 Å². The summed E-state index contributed by atoms with van der Waals surface area (Å²) in [5, 5.41) is 11.8. The highest BCUT2D eigenvalue weighted by molar-refractivity contribution is 7.14. The van der Waals surface area contributed by atoms with Gasteiger partial charge in [-0.1, -0.05) is 23.5 Å². The standard InChI is InChI=1S/C18H15F2N3OS/c1-10-22-23-17(25-10)11-2-3-12-9-21-15(5-13(12)4-11)6-16(24)14-7-18(19,20)8-14/h2-5,9,14H,6-8H2,1H3. The minimum Gasteiger partial charge on any atom is -0.299 e. The van der Waals surface area contributed by atoms with E-state index < -0.39 is 11.8 Å². The fourth-order valence-electron chi connectivity index (χ4n) is 3.04. The van der Waals surface area contributed by atoms with E-state index in [-0.39, 0.29) is 25.0 Å². The van der Waals surface area contributed by atoms with Crippen molar-refractivity contribution in [2.24, 2.45) is 5.92 Å². The van der Waals surface area contributed by atoms with Crippen molar-refractivity contribution in [2.75, 3.05) is 0 Å². The van der Waals surface area contributed by atoms with Gasteiger partial charge in [0.2, 0.25) is 5.92 Å². The number of fused-ring (bicyclic) bond motifs is 1. The van der Waals surface area contributed by atoms with Gasteiger partial charge in [-0.25, -0.2) is 8.78 Å². The number of nitrogens with zero attached hydrogens (tertiary/aromatic N) is 3. The smallest absolute Gasteiger partial charge is 0.249 e. The number of halogens is 2. The maximum atomic E-state index is 12.9. The van der Waals surface area contributed by atoms with Crippen molar-refractivity contribution in [3.05, 3.63) is 41.2 Å². The zero-order valence-electron chi connectivity index (χ0n) is 13.5. The molecule has 0 amide bonds. The summed E-state index contributed by atoms with van der Waals surface area (Å²) in [4.78, 5) is 16.4. The predicted octanol–water partition coefficient (Wildman–Crippen LogP) is 4.22. The van der Waals surface area contributed by atoms with Crippen LogP contribution in [0.5, 0.6) is 0 Å². The molecule has 1 fully saturated rings. The second-order valence-corrected chi connectivity index (χ2v) is 7.65. The molecule has 0 radical (unpaired) electrons. The number of rotatable bonds is 4. The first-order valence-electron chi connectivity index (χ1n) is 7.99. The van der Waals surface area contributed by atoms with Crippen molar-refractivity contribution >= 4 is 27.9 Å². The Morgan fingerprint density at radius 2 is 2.04 bits per heavy atom. The van der Waals surface area contributed by atoms with Crippen molar-refractivity contribution in [1.82, 2.24) is 15.2 Å². The van der Waals surface area contributed by atoms with E-state index in [1.807, 2.05) is 31.2 Å². The number of hydrogen-bond acceptors (Lipinski definition) is 5. The molecule has 1 aliphatic carbocycles. The van der Waals surface area contributed by atoms with Crippen LogP contribution in [0.3, 0.4) is 0 Å². The van der Waals surface area contributed by atoms with Crippen LogP contribution in [0.4, 0.5) is 8.78 Å². The summed E-state index contributed by atoms with van der Waals surface area (Å²) < 4.78 is 25.9. The van der Waals surface area contributed by atoms with Crippen LogP contribution in [0.25, 0.3) is 21.3 Å². The van der Waals surface area contributed by atoms with Crippen LogP contribution < -0.4 is 0 Å². The number of Topliss-reactive ketones (excluding diaryl/α,β-unsaturated/α-hetero) is 1. The zero-order valence-corrected chi connectivity index (χ0v) is 14.3. The lowest BCUT2D eigenvalue weighted by Crippen LogP contribution is -2.40. The van der Waals surface area contributed by atoms with Crippen molar-refractivity contribution in [3.63, 3.8) is 0 Å². The Hall–Kier alpha value is -2.28. The lowest BCUT2D eigenvalue weighted by Gasteiger charge is -2.33. The normalized spacial score (nSPS) is 16.8. The Balaban J connectivity index is 1.57. The van der Waals surface area contributed by atoms with Gasteiger partial charge in [0.25, 0.3) is 0 Å². The number of carbonyl (C=O) groups is 1. The molecular formula is C18H15F2N3OS. The Bertz CT molecular complexity index is 962. The third-order valence-electron chi connectivity index (χ3n) is 4.45. The molecule has 1 aromatic carbocycles. The molecule has 3 aromatic rings. The summed E-state index contributed by atoms with van der Waals surface area (Å²) in [6, 6.07) is 7.75. The molecular weight excluding hydrogens is 344 g/mol. The second-order valence-electron chi connectivity index (χ2n) is 6.47. The summed E-state index contributed by atoms with van der Waals surface area (Å²) in [5.41, 5.74) is 1.57. The van der Waals surface area contributed by atoms with Crippen LogP contribution in [0, 0.1) is 12.8 Å². The fraction of sp³-hybridized carbons (Fsp3) is 0.333. The second kappa shape index (κ2) is 5.91. The number of hydrogen-bond donors (Lipinski definition) is 0. The molecule has 2 heterocycles. The molecule has 4 nitrogen and oxygen atoms in total. The summed E-state index contributed by atoms with van der Waals surface area (Å²) in [6.07, 6.45) is 1.14. The molecule has 128 valence electrons. The molecule has 1 saturated carbocycles. The Kier molecular flexibility index (Phi) is 3.83. The van der Waals surface area contributed by atoms with Gasteiger partial charge in [0.05, 0.1) is 0 Å². The number of carbonyl (C=O) groups excluding carboxylic acids is 1. The predicted molar refractivity (Wildman–Crippen MR) is 91.8 cm³/mol. The fourth-order valence-corrected chi connectivity index (χ4v) is 3.73. The molecule has 0 saturated heterocycles. The average Bonchev–Trinajstić information content (AvgIpc) is 2.98. The van der Waals surface area contributed by atoms with Crippen LogP contribution in [0.2, 0.25) is 0 Å². The van der Waals surface area contributed by atoms with E-state index in [0.717, 1.165) is 26.4 Å². The lowest BCUT2D eigenvalue weighted by atomic mass is 9.77. The third-order valence-corrected chi connectivity index (χ3v) is 5.34. The highest BCUT2D eigenvalue weighted by Crippen LogP contribution is 2.43. The van der Waals surface area contributed by atoms with Crippen LogP contribution >= 0.6 is 11.3 Å². The van der Waals surface area contributed by atoms with E-state index in [1.54, 1.807) is 6.20 Å². The maximum absolute atomic E-state index is 12.9. The van der Waals surface area contributed by atoms with E-state index in [4.69, 9.17) is 0 Å². The first kappa shape index (κ1) is 16.2. The van der Waals surface area contributed by atoms with E-state index in [0.29, 0.717) is 5.69 Å². The maximum Gasteiger partial charge on any atom is 0.249 e. The molecule has 0 N–H and O–H groups in total. The first-order valence-corrected chi connectivity index (χ1v) is 8.81. The molecule has 7 heteroatoms. The lowest BCUT2D eigenvalue weighted by molar-refractivity contribution is -0.147. The monoisotopic (exact) mass is 359 g/mol. The summed E-state index contributed by atoms with van der Waals surface area (Å²) in [6.45, 7) is 1.90. The first-order chi connectivity index (χ1) is 11.9. The number of pyridine rings is 1. The van der Waals surface area contributed by atoms with Gasteiger partial charge >= 0.3 is 0 Å². The number of aryl methyl sites for hydroxylation is 1. The summed E-state index contributed by atoms with van der Waals surface area (Å²) in [7, 11) is 0. The molecule has 0 aliphatic heterocycles. The topological polar surface area (TPSA) is 55.7 Å². The number of aromatic nitrogens is 3. The average molecular weight is 359 g/mol. The number of benzene rings is 1. The van der Waals surface area contributed by atoms with Gasteiger partial charge in [-0.2, -0.15) is 0 Å². The van der Waals surface area contributed by atoms with Gasteiger partial charge < -0.3 is 0 Å². The number of alkyl halides is 2. The SMILES string of the molecule is Cc1nnc(-c2ccc3cnc(CC(=O)C4CC(F)(F)C4)cc3c2)s1. The Morgan fingerprint density at radius 1 is 1.24 bits per heavy atom. The van der Waals surface area contributed by atoms with Gasteiger partial charge in [-0.3, -0.25) is 9.78 Å². The minimum absolute atomic E-state index is 0.0961. The van der Waals surface area contributed by atoms with Gasteiger partial charge in [-0.15, -0.1) is 10.2 Å². The van der Waals surface area contributed by atoms with Crippen molar-refractivity contribution < 1.29 is 13.6 Å². The van der Waals surface area contributed by atoms with Crippen LogP contribution in [0.1, 0.15) is 23.5 Å². The van der Waals surface area contributed by atoms with Gasteiger partial charge in [0.15, 0.2) is 0 Å². The summed E-state index contributed by atoms with van der Waals surface area (Å²) >= 11 is 1.52. The molecule has 4 rings (SSSR count). The molecule has 1 aliphatic rings. The largest absolute Gasteiger partial charge is 0.299 e. The minimum atomic E-state index is -2.67. The zero-order chi connectivity index (χ0) is 17.6. The van der Waals surface area contributed by atoms with E-state index >= 15 is 0 Å². The van der Waals surface area contributed by atoms with Crippen LogP contribution in [0.15, 0.2) is 30.5 Å². The number of ketones is 1. The molecule has 2 aromatic heterocycles. The highest BCUT2D eigenvalue weighted by atomic mass is 32.1. The van der Waals surface area contributed by atoms with Crippen molar-refractivity contribution in [2.45, 2.75) is 32.1 Å². The molecule has 0 atom stereocenters. The third kappa shape index (κ3) is 3.28. The van der Waals surface area contributed by atoms with Gasteiger partial charge in [-0.05, 0) is 24.4 Å². The molecule has 0 bridgehead atoms. The van der Waals surface area contributed by atoms with Gasteiger partial charge in [0.1, 0.15) is 15.8 Å². The quantitative estimate of drug-likeness (QED) is 0.700. The molecule has 0 spiro atoms. The van der Waals surface area contributed by atoms with E-state index in [2.05, 4.69) is 15.2 Å². The van der Waals surface area contributed by atoms with Crippen LogP contribution in [-0.2, 0) is 11.2 Å². The summed E-state index contributed by atoms with van der Waals surface area (Å²) in [5.74, 6) is -3.37. The van der Waals surface area contributed by atoms with E-state index in [1.165, 1.54) is 11.3 Å². The van der Waals surface area contributed by atoms with Crippen molar-refractivity contribution in [1.29, 1.82) is 0 Å².